The largest absolute Gasteiger partial charge is 0.492 e. The van der Waals surface area contributed by atoms with Gasteiger partial charge in [-0.2, -0.15) is 0 Å². The molecule has 3 aromatic rings. The molecular formula is C20H26N2O2S. The lowest BCUT2D eigenvalue weighted by Gasteiger charge is -2.11. The summed E-state index contributed by atoms with van der Waals surface area (Å²) in [5, 5.41) is 2.47. The number of benzene rings is 2. The van der Waals surface area contributed by atoms with Crippen LogP contribution in [0.1, 0.15) is 0 Å². The lowest BCUT2D eigenvalue weighted by atomic mass is 10.1. The lowest BCUT2D eigenvalue weighted by Crippen LogP contribution is -2.19. The molecule has 0 aliphatic carbocycles. The van der Waals surface area contributed by atoms with Gasteiger partial charge in [0.15, 0.2) is 0 Å². The first-order chi connectivity index (χ1) is 12.0. The number of hydrogen-bond acceptors (Lipinski definition) is 5. The minimum Gasteiger partial charge on any atom is -0.492 e. The zero-order chi connectivity index (χ0) is 17.8. The Morgan fingerprint density at radius 2 is 1.16 bits per heavy atom. The van der Waals surface area contributed by atoms with Crippen LogP contribution in [0.2, 0.25) is 0 Å². The van der Waals surface area contributed by atoms with Crippen LogP contribution in [0.4, 0.5) is 0 Å². The first-order valence-corrected chi connectivity index (χ1v) is 9.36. The van der Waals surface area contributed by atoms with Gasteiger partial charge in [0, 0.05) is 33.3 Å². The van der Waals surface area contributed by atoms with Crippen LogP contribution in [0.15, 0.2) is 36.4 Å². The van der Waals surface area contributed by atoms with Crippen molar-refractivity contribution in [1.29, 1.82) is 0 Å². The highest BCUT2D eigenvalue weighted by molar-refractivity contribution is 7.25. The van der Waals surface area contributed by atoms with Gasteiger partial charge in [-0.3, -0.25) is 0 Å². The molecule has 0 amide bonds. The second-order valence-corrected chi connectivity index (χ2v) is 7.81. The topological polar surface area (TPSA) is 24.9 Å². The van der Waals surface area contributed by atoms with Crippen molar-refractivity contribution >= 4 is 31.5 Å². The Bertz CT molecular complexity index is 774. The second kappa shape index (κ2) is 8.04. The lowest BCUT2D eigenvalue weighted by molar-refractivity contribution is 0.261. The van der Waals surface area contributed by atoms with Gasteiger partial charge in [-0.05, 0) is 64.6 Å². The molecule has 0 aliphatic heterocycles. The maximum atomic E-state index is 5.89. The summed E-state index contributed by atoms with van der Waals surface area (Å²) >= 11 is 1.81. The maximum absolute atomic E-state index is 5.89. The average Bonchev–Trinajstić information content (AvgIpc) is 2.92. The molecule has 0 radical (unpaired) electrons. The number of thiophene rings is 1. The molecule has 0 saturated heterocycles. The highest BCUT2D eigenvalue weighted by Gasteiger charge is 2.08. The number of rotatable bonds is 8. The van der Waals surface area contributed by atoms with Crippen LogP contribution in [0.5, 0.6) is 11.5 Å². The summed E-state index contributed by atoms with van der Waals surface area (Å²) in [6.45, 7) is 3.21. The van der Waals surface area contributed by atoms with E-state index in [1.165, 1.54) is 20.2 Å². The molecule has 0 spiro atoms. The van der Waals surface area contributed by atoms with Gasteiger partial charge < -0.3 is 19.3 Å². The molecule has 0 bridgehead atoms. The van der Waals surface area contributed by atoms with Crippen molar-refractivity contribution in [3.63, 3.8) is 0 Å². The molecule has 1 aromatic heterocycles. The Labute approximate surface area is 153 Å². The van der Waals surface area contributed by atoms with Crippen molar-refractivity contribution in [2.24, 2.45) is 0 Å². The summed E-state index contributed by atoms with van der Waals surface area (Å²) in [5.41, 5.74) is 0. The SMILES string of the molecule is CN(C)CCOc1ccc2sc3ccc(OCCN(C)C)cc3c2c1. The van der Waals surface area contributed by atoms with Gasteiger partial charge in [-0.15, -0.1) is 11.3 Å². The van der Waals surface area contributed by atoms with Gasteiger partial charge in [0.1, 0.15) is 24.7 Å². The Balaban J connectivity index is 1.82. The molecule has 0 fully saturated rings. The zero-order valence-electron chi connectivity index (χ0n) is 15.4. The van der Waals surface area contributed by atoms with Crippen LogP contribution in [0.25, 0.3) is 20.2 Å². The molecule has 0 aliphatic rings. The van der Waals surface area contributed by atoms with E-state index in [0.717, 1.165) is 24.6 Å². The Morgan fingerprint density at radius 1 is 0.720 bits per heavy atom. The number of likely N-dealkylation sites (N-methyl/N-ethyl adjacent to an activating group) is 2. The molecule has 1 heterocycles. The summed E-state index contributed by atoms with van der Waals surface area (Å²) in [6, 6.07) is 12.7. The van der Waals surface area contributed by atoms with Gasteiger partial charge >= 0.3 is 0 Å². The fourth-order valence-electron chi connectivity index (χ4n) is 2.61. The third-order valence-electron chi connectivity index (χ3n) is 4.03. The van der Waals surface area contributed by atoms with Crippen molar-refractivity contribution in [1.82, 2.24) is 9.80 Å². The molecule has 5 heteroatoms. The van der Waals surface area contributed by atoms with Crippen LogP contribution in [0, 0.1) is 0 Å². The Hall–Kier alpha value is -1.82. The van der Waals surface area contributed by atoms with Gasteiger partial charge in [-0.25, -0.2) is 0 Å². The number of ether oxygens (including phenoxy) is 2. The highest BCUT2D eigenvalue weighted by atomic mass is 32.1. The predicted molar refractivity (Wildman–Crippen MR) is 107 cm³/mol. The normalized spacial score (nSPS) is 11.8. The summed E-state index contributed by atoms with van der Waals surface area (Å²) in [4.78, 5) is 4.24. The summed E-state index contributed by atoms with van der Waals surface area (Å²) in [7, 11) is 8.21. The molecule has 134 valence electrons. The van der Waals surface area contributed by atoms with Crippen LogP contribution < -0.4 is 9.47 Å². The van der Waals surface area contributed by atoms with Crippen LogP contribution in [-0.4, -0.2) is 64.3 Å². The zero-order valence-corrected chi connectivity index (χ0v) is 16.2. The van der Waals surface area contributed by atoms with E-state index in [-0.39, 0.29) is 0 Å². The third-order valence-corrected chi connectivity index (χ3v) is 5.18. The van der Waals surface area contributed by atoms with E-state index in [1.54, 1.807) is 0 Å². The second-order valence-electron chi connectivity index (χ2n) is 6.72. The van der Waals surface area contributed by atoms with Crippen LogP contribution >= 0.6 is 11.3 Å². The molecule has 4 nitrogen and oxygen atoms in total. The van der Waals surface area contributed by atoms with E-state index in [2.05, 4.69) is 74.4 Å². The first kappa shape index (κ1) is 18.0. The smallest absolute Gasteiger partial charge is 0.120 e. The summed E-state index contributed by atoms with van der Waals surface area (Å²) < 4.78 is 14.3. The molecular weight excluding hydrogens is 332 g/mol. The quantitative estimate of drug-likeness (QED) is 0.609. The summed E-state index contributed by atoms with van der Waals surface area (Å²) in [6.07, 6.45) is 0. The van der Waals surface area contributed by atoms with Gasteiger partial charge in [0.2, 0.25) is 0 Å². The Morgan fingerprint density at radius 3 is 1.56 bits per heavy atom. The van der Waals surface area contributed by atoms with Crippen LogP contribution in [-0.2, 0) is 0 Å². The van der Waals surface area contributed by atoms with Gasteiger partial charge in [0.05, 0.1) is 0 Å². The minimum absolute atomic E-state index is 0.694. The molecule has 0 atom stereocenters. The Kier molecular flexibility index (Phi) is 5.78. The van der Waals surface area contributed by atoms with Gasteiger partial charge in [0.25, 0.3) is 0 Å². The van der Waals surface area contributed by atoms with E-state index in [4.69, 9.17) is 9.47 Å². The molecule has 25 heavy (non-hydrogen) atoms. The highest BCUT2D eigenvalue weighted by Crippen LogP contribution is 2.37. The van der Waals surface area contributed by atoms with Crippen molar-refractivity contribution in [2.75, 3.05) is 54.5 Å². The first-order valence-electron chi connectivity index (χ1n) is 8.54. The van der Waals surface area contributed by atoms with E-state index in [0.29, 0.717) is 13.2 Å². The van der Waals surface area contributed by atoms with Crippen molar-refractivity contribution in [3.05, 3.63) is 36.4 Å². The van der Waals surface area contributed by atoms with E-state index in [9.17, 15) is 0 Å². The molecule has 0 saturated carbocycles. The fourth-order valence-corrected chi connectivity index (χ4v) is 3.67. The molecule has 2 aromatic carbocycles. The average molecular weight is 359 g/mol. The standard InChI is InChI=1S/C20H26N2O2S/c1-21(2)9-11-23-15-5-7-19-17(13-15)18-14-16(6-8-20(18)25-19)24-12-10-22(3)4/h5-8,13-14H,9-12H2,1-4H3. The number of nitrogens with zero attached hydrogens (tertiary/aromatic N) is 2. The molecule has 0 N–H and O–H groups in total. The van der Waals surface area contributed by atoms with Crippen molar-refractivity contribution in [2.45, 2.75) is 0 Å². The van der Waals surface area contributed by atoms with E-state index in [1.807, 2.05) is 11.3 Å². The number of fused-ring (bicyclic) bond motifs is 3. The van der Waals surface area contributed by atoms with Crippen molar-refractivity contribution in [3.8, 4) is 11.5 Å². The van der Waals surface area contributed by atoms with Crippen molar-refractivity contribution < 1.29 is 9.47 Å². The predicted octanol–water partition coefficient (Wildman–Crippen LogP) is 3.94. The van der Waals surface area contributed by atoms with Crippen LogP contribution in [0.3, 0.4) is 0 Å². The molecule has 0 unspecified atom stereocenters. The number of hydrogen-bond donors (Lipinski definition) is 0. The molecule has 3 rings (SSSR count). The minimum atomic E-state index is 0.694. The summed E-state index contributed by atoms with van der Waals surface area (Å²) in [5.74, 6) is 1.85. The maximum Gasteiger partial charge on any atom is 0.120 e. The van der Waals surface area contributed by atoms with Gasteiger partial charge in [-0.1, -0.05) is 0 Å². The monoisotopic (exact) mass is 358 g/mol. The fraction of sp³-hybridized carbons (Fsp3) is 0.400. The van der Waals surface area contributed by atoms with E-state index < -0.39 is 0 Å². The third kappa shape index (κ3) is 4.63. The van der Waals surface area contributed by atoms with E-state index >= 15 is 0 Å².